The molecule has 1 aliphatic heterocycles. The first-order chi connectivity index (χ1) is 10.6. The number of aromatic nitrogens is 2. The Bertz CT molecular complexity index is 694. The van der Waals surface area contributed by atoms with Crippen molar-refractivity contribution in [1.82, 2.24) is 10.2 Å². The SMILES string of the molecule is CC(=O)SCC1CC(=O)N(c2n[nH]c(-c3cccs3)c2C)C1. The predicted octanol–water partition coefficient (Wildman–Crippen LogP) is 3.08. The topological polar surface area (TPSA) is 66.1 Å². The lowest BCUT2D eigenvalue weighted by Crippen LogP contribution is -2.25. The number of thioether (sulfide) groups is 1. The number of amides is 1. The van der Waals surface area contributed by atoms with Crippen LogP contribution >= 0.6 is 23.1 Å². The van der Waals surface area contributed by atoms with E-state index < -0.39 is 0 Å². The van der Waals surface area contributed by atoms with E-state index >= 15 is 0 Å². The Labute approximate surface area is 137 Å². The van der Waals surface area contributed by atoms with E-state index in [2.05, 4.69) is 10.2 Å². The first kappa shape index (κ1) is 15.3. The molecule has 7 heteroatoms. The smallest absolute Gasteiger partial charge is 0.228 e. The standard InChI is InChI=1S/C15H17N3O2S2/c1-9-14(12-4-3-5-21-12)16-17-15(9)18-7-11(6-13(18)20)8-22-10(2)19/h3-5,11H,6-8H2,1-2H3,(H,16,17). The maximum absolute atomic E-state index is 12.3. The monoisotopic (exact) mass is 335 g/mol. The lowest BCUT2D eigenvalue weighted by Gasteiger charge is -2.14. The Morgan fingerprint density at radius 2 is 2.41 bits per heavy atom. The first-order valence-corrected chi connectivity index (χ1v) is 8.95. The van der Waals surface area contributed by atoms with E-state index in [1.807, 2.05) is 24.4 Å². The Morgan fingerprint density at radius 3 is 3.09 bits per heavy atom. The summed E-state index contributed by atoms with van der Waals surface area (Å²) >= 11 is 2.93. The van der Waals surface area contributed by atoms with Crippen LogP contribution in [-0.2, 0) is 9.59 Å². The molecule has 1 N–H and O–H groups in total. The maximum atomic E-state index is 12.3. The van der Waals surface area contributed by atoms with Gasteiger partial charge in [0.1, 0.15) is 0 Å². The molecule has 2 aromatic heterocycles. The maximum Gasteiger partial charge on any atom is 0.228 e. The van der Waals surface area contributed by atoms with Crippen LogP contribution in [0.5, 0.6) is 0 Å². The number of thiophene rings is 1. The Balaban J connectivity index is 1.77. The van der Waals surface area contributed by atoms with E-state index in [0.717, 1.165) is 16.1 Å². The van der Waals surface area contributed by atoms with Gasteiger partial charge in [0.05, 0.1) is 10.6 Å². The van der Waals surface area contributed by atoms with Gasteiger partial charge in [-0.2, -0.15) is 5.10 Å². The third-order valence-corrected chi connectivity index (χ3v) is 5.67. The molecule has 1 unspecified atom stereocenters. The number of hydrogen-bond acceptors (Lipinski definition) is 5. The first-order valence-electron chi connectivity index (χ1n) is 7.09. The zero-order valence-electron chi connectivity index (χ0n) is 12.5. The number of anilines is 1. The molecule has 1 saturated heterocycles. The minimum atomic E-state index is 0.0847. The molecule has 1 fully saturated rings. The summed E-state index contributed by atoms with van der Waals surface area (Å²) in [7, 11) is 0. The van der Waals surface area contributed by atoms with Crippen LogP contribution in [-0.4, -0.2) is 33.5 Å². The highest BCUT2D eigenvalue weighted by molar-refractivity contribution is 8.13. The molecule has 22 heavy (non-hydrogen) atoms. The van der Waals surface area contributed by atoms with Crippen molar-refractivity contribution in [2.75, 3.05) is 17.2 Å². The summed E-state index contributed by atoms with van der Waals surface area (Å²) in [6, 6.07) is 4.03. The molecule has 0 bridgehead atoms. The van der Waals surface area contributed by atoms with E-state index in [1.165, 1.54) is 11.8 Å². The fraction of sp³-hybridized carbons (Fsp3) is 0.400. The van der Waals surface area contributed by atoms with Gasteiger partial charge < -0.3 is 0 Å². The predicted molar refractivity (Wildman–Crippen MR) is 90.2 cm³/mol. The van der Waals surface area contributed by atoms with Gasteiger partial charge in [-0.1, -0.05) is 17.8 Å². The van der Waals surface area contributed by atoms with Crippen molar-refractivity contribution < 1.29 is 9.59 Å². The molecule has 1 amide bonds. The summed E-state index contributed by atoms with van der Waals surface area (Å²) in [5.74, 6) is 1.70. The van der Waals surface area contributed by atoms with Crippen LogP contribution in [0.3, 0.4) is 0 Å². The van der Waals surface area contributed by atoms with Crippen LogP contribution in [0.25, 0.3) is 10.6 Å². The Hall–Kier alpha value is -1.60. The van der Waals surface area contributed by atoms with Gasteiger partial charge in [-0.25, -0.2) is 0 Å². The number of nitrogens with zero attached hydrogens (tertiary/aromatic N) is 2. The van der Waals surface area contributed by atoms with Crippen molar-refractivity contribution in [1.29, 1.82) is 0 Å². The summed E-state index contributed by atoms with van der Waals surface area (Å²) in [5, 5.41) is 9.51. The molecule has 1 aliphatic rings. The van der Waals surface area contributed by atoms with Crippen LogP contribution in [0.15, 0.2) is 17.5 Å². The summed E-state index contributed by atoms with van der Waals surface area (Å²) < 4.78 is 0. The number of hydrogen-bond donors (Lipinski definition) is 1. The summed E-state index contributed by atoms with van der Waals surface area (Å²) in [6.45, 7) is 4.18. The molecule has 0 spiro atoms. The molecule has 3 rings (SSSR count). The number of carbonyl (C=O) groups is 2. The molecule has 5 nitrogen and oxygen atoms in total. The Kier molecular flexibility index (Phi) is 4.35. The van der Waals surface area contributed by atoms with Crippen molar-refractivity contribution in [2.24, 2.45) is 5.92 Å². The average molecular weight is 335 g/mol. The molecular weight excluding hydrogens is 318 g/mol. The molecule has 116 valence electrons. The van der Waals surface area contributed by atoms with Crippen LogP contribution in [0.1, 0.15) is 18.9 Å². The highest BCUT2D eigenvalue weighted by Gasteiger charge is 2.33. The van der Waals surface area contributed by atoms with Gasteiger partial charge in [0.25, 0.3) is 0 Å². The summed E-state index contributed by atoms with van der Waals surface area (Å²) in [6.07, 6.45) is 0.487. The molecule has 1 atom stereocenters. The molecule has 0 saturated carbocycles. The van der Waals surface area contributed by atoms with Crippen LogP contribution in [0.2, 0.25) is 0 Å². The van der Waals surface area contributed by atoms with Gasteiger partial charge >= 0.3 is 0 Å². The van der Waals surface area contributed by atoms with Crippen molar-refractivity contribution in [3.05, 3.63) is 23.1 Å². The molecular formula is C15H17N3O2S2. The normalized spacial score (nSPS) is 18.2. The lowest BCUT2D eigenvalue weighted by molar-refractivity contribution is -0.117. The van der Waals surface area contributed by atoms with E-state index in [-0.39, 0.29) is 16.9 Å². The van der Waals surface area contributed by atoms with E-state index in [4.69, 9.17) is 0 Å². The fourth-order valence-electron chi connectivity index (χ4n) is 2.64. The zero-order valence-corrected chi connectivity index (χ0v) is 14.1. The van der Waals surface area contributed by atoms with Crippen molar-refractivity contribution in [3.8, 4) is 10.6 Å². The number of aromatic amines is 1. The highest BCUT2D eigenvalue weighted by atomic mass is 32.2. The molecule has 0 radical (unpaired) electrons. The van der Waals surface area contributed by atoms with E-state index in [9.17, 15) is 9.59 Å². The van der Waals surface area contributed by atoms with Crippen LogP contribution in [0, 0.1) is 12.8 Å². The summed E-state index contributed by atoms with van der Waals surface area (Å²) in [5.41, 5.74) is 1.97. The second-order valence-electron chi connectivity index (χ2n) is 5.40. The van der Waals surface area contributed by atoms with Crippen molar-refractivity contribution in [3.63, 3.8) is 0 Å². The third-order valence-electron chi connectivity index (χ3n) is 3.73. The summed E-state index contributed by atoms with van der Waals surface area (Å²) in [4.78, 5) is 26.2. The van der Waals surface area contributed by atoms with Gasteiger partial charge in [0, 0.05) is 31.2 Å². The molecule has 0 aliphatic carbocycles. The molecule has 0 aromatic carbocycles. The van der Waals surface area contributed by atoms with Gasteiger partial charge in [-0.05, 0) is 24.3 Å². The number of carbonyl (C=O) groups excluding carboxylic acids is 2. The van der Waals surface area contributed by atoms with Crippen LogP contribution in [0.4, 0.5) is 5.82 Å². The van der Waals surface area contributed by atoms with Gasteiger partial charge in [0.15, 0.2) is 10.9 Å². The fourth-order valence-corrected chi connectivity index (χ4v) is 4.12. The molecule has 3 heterocycles. The lowest BCUT2D eigenvalue weighted by atomic mass is 10.1. The average Bonchev–Trinajstić information content (AvgIpc) is 3.16. The quantitative estimate of drug-likeness (QED) is 0.932. The largest absolute Gasteiger partial charge is 0.295 e. The Morgan fingerprint density at radius 1 is 1.59 bits per heavy atom. The van der Waals surface area contributed by atoms with E-state index in [0.29, 0.717) is 24.5 Å². The third kappa shape index (κ3) is 2.96. The number of rotatable bonds is 4. The van der Waals surface area contributed by atoms with Crippen molar-refractivity contribution >= 4 is 39.9 Å². The van der Waals surface area contributed by atoms with E-state index in [1.54, 1.807) is 23.2 Å². The van der Waals surface area contributed by atoms with Crippen molar-refractivity contribution in [2.45, 2.75) is 20.3 Å². The zero-order chi connectivity index (χ0) is 15.7. The minimum Gasteiger partial charge on any atom is -0.295 e. The second-order valence-corrected chi connectivity index (χ2v) is 7.55. The van der Waals surface area contributed by atoms with Crippen LogP contribution < -0.4 is 4.90 Å². The van der Waals surface area contributed by atoms with Gasteiger partial charge in [0.2, 0.25) is 5.91 Å². The number of nitrogens with one attached hydrogen (secondary N) is 1. The molecule has 2 aromatic rings. The minimum absolute atomic E-state index is 0.0847. The second kappa shape index (κ2) is 6.26. The number of H-pyrrole nitrogens is 1. The van der Waals surface area contributed by atoms with Gasteiger partial charge in [-0.15, -0.1) is 11.3 Å². The highest BCUT2D eigenvalue weighted by Crippen LogP contribution is 2.34. The van der Waals surface area contributed by atoms with Gasteiger partial charge in [-0.3, -0.25) is 19.6 Å².